The summed E-state index contributed by atoms with van der Waals surface area (Å²) < 4.78 is 14.1. The fraction of sp³-hybridized carbons (Fsp3) is 0.600. The van der Waals surface area contributed by atoms with Crippen LogP contribution in [0.5, 0.6) is 0 Å². The third kappa shape index (κ3) is 4.86. The van der Waals surface area contributed by atoms with E-state index in [9.17, 15) is 4.39 Å². The lowest BCUT2D eigenvalue weighted by Crippen LogP contribution is -2.37. The van der Waals surface area contributed by atoms with E-state index in [0.29, 0.717) is 6.54 Å². The second-order valence-corrected chi connectivity index (χ2v) is 6.29. The predicted octanol–water partition coefficient (Wildman–Crippen LogP) is 3.41. The van der Waals surface area contributed by atoms with E-state index in [1.807, 2.05) is 0 Å². The Balaban J connectivity index is 1.68. The van der Waals surface area contributed by atoms with Crippen LogP contribution in [0.2, 0.25) is 0 Å². The highest BCUT2D eigenvalue weighted by Crippen LogP contribution is 2.18. The highest BCUT2D eigenvalue weighted by atomic mass is 79.9. The van der Waals surface area contributed by atoms with E-state index in [0.717, 1.165) is 29.0 Å². The van der Waals surface area contributed by atoms with Crippen LogP contribution in [0.25, 0.3) is 0 Å². The van der Waals surface area contributed by atoms with Crippen molar-refractivity contribution in [2.75, 3.05) is 26.2 Å². The molecule has 2 nitrogen and oxygen atoms in total. The number of rotatable bonds is 5. The van der Waals surface area contributed by atoms with E-state index >= 15 is 0 Å². The van der Waals surface area contributed by atoms with Gasteiger partial charge in [-0.1, -0.05) is 22.9 Å². The van der Waals surface area contributed by atoms with Crippen LogP contribution < -0.4 is 5.32 Å². The maximum Gasteiger partial charge on any atom is 0.123 e. The molecule has 2 rings (SSSR count). The SMILES string of the molecule is CC1CCN(CCNCc2cc(F)ccc2Br)CC1. The second-order valence-electron chi connectivity index (χ2n) is 5.44. The summed E-state index contributed by atoms with van der Waals surface area (Å²) in [6, 6.07) is 4.82. The molecular formula is C15H22BrFN2. The van der Waals surface area contributed by atoms with Gasteiger partial charge in [0.15, 0.2) is 0 Å². The number of halogens is 2. The van der Waals surface area contributed by atoms with Crippen molar-refractivity contribution in [1.82, 2.24) is 10.2 Å². The number of nitrogens with one attached hydrogen (secondary N) is 1. The molecule has 1 aromatic carbocycles. The van der Waals surface area contributed by atoms with Gasteiger partial charge in [-0.3, -0.25) is 0 Å². The van der Waals surface area contributed by atoms with Crippen molar-refractivity contribution in [1.29, 1.82) is 0 Å². The van der Waals surface area contributed by atoms with E-state index in [4.69, 9.17) is 0 Å². The van der Waals surface area contributed by atoms with E-state index in [2.05, 4.69) is 33.1 Å². The largest absolute Gasteiger partial charge is 0.311 e. The molecule has 1 heterocycles. The molecule has 1 aromatic rings. The minimum atomic E-state index is -0.176. The summed E-state index contributed by atoms with van der Waals surface area (Å²) in [6.07, 6.45) is 2.63. The van der Waals surface area contributed by atoms with Crippen molar-refractivity contribution in [3.8, 4) is 0 Å². The van der Waals surface area contributed by atoms with E-state index in [1.54, 1.807) is 12.1 Å². The molecule has 0 spiro atoms. The zero-order valence-electron chi connectivity index (χ0n) is 11.5. The summed E-state index contributed by atoms with van der Waals surface area (Å²) in [6.45, 7) is 7.51. The highest BCUT2D eigenvalue weighted by Gasteiger charge is 2.14. The molecule has 0 unspecified atom stereocenters. The Labute approximate surface area is 123 Å². The predicted molar refractivity (Wildman–Crippen MR) is 80.6 cm³/mol. The summed E-state index contributed by atoms with van der Waals surface area (Å²) in [4.78, 5) is 2.51. The van der Waals surface area contributed by atoms with Gasteiger partial charge in [0.05, 0.1) is 0 Å². The van der Waals surface area contributed by atoms with Gasteiger partial charge < -0.3 is 10.2 Å². The van der Waals surface area contributed by atoms with Crippen LogP contribution in [0, 0.1) is 11.7 Å². The standard InChI is InChI=1S/C15H22BrFN2/c1-12-4-7-19(8-5-12)9-6-18-11-13-10-14(17)2-3-15(13)16/h2-3,10,12,18H,4-9,11H2,1H3. The van der Waals surface area contributed by atoms with Crippen molar-refractivity contribution in [2.45, 2.75) is 26.3 Å². The zero-order valence-corrected chi connectivity index (χ0v) is 13.0. The number of nitrogens with zero attached hydrogens (tertiary/aromatic N) is 1. The topological polar surface area (TPSA) is 15.3 Å². The second kappa shape index (κ2) is 7.36. The van der Waals surface area contributed by atoms with Crippen LogP contribution >= 0.6 is 15.9 Å². The van der Waals surface area contributed by atoms with Crippen LogP contribution in [0.3, 0.4) is 0 Å². The number of likely N-dealkylation sites (tertiary alicyclic amines) is 1. The smallest absolute Gasteiger partial charge is 0.123 e. The monoisotopic (exact) mass is 328 g/mol. The van der Waals surface area contributed by atoms with Gasteiger partial charge in [-0.15, -0.1) is 0 Å². The zero-order chi connectivity index (χ0) is 13.7. The Morgan fingerprint density at radius 1 is 1.37 bits per heavy atom. The molecule has 0 aromatic heterocycles. The average Bonchev–Trinajstić information content (AvgIpc) is 2.40. The molecule has 1 N–H and O–H groups in total. The number of piperidine rings is 1. The maximum atomic E-state index is 13.1. The summed E-state index contributed by atoms with van der Waals surface area (Å²) >= 11 is 3.45. The van der Waals surface area contributed by atoms with Crippen LogP contribution in [-0.2, 0) is 6.54 Å². The van der Waals surface area contributed by atoms with Crippen molar-refractivity contribution in [2.24, 2.45) is 5.92 Å². The molecule has 0 bridgehead atoms. The van der Waals surface area contributed by atoms with Crippen LogP contribution in [0.4, 0.5) is 4.39 Å². The van der Waals surface area contributed by atoms with Crippen LogP contribution in [-0.4, -0.2) is 31.1 Å². The fourth-order valence-corrected chi connectivity index (χ4v) is 2.81. The first kappa shape index (κ1) is 14.9. The van der Waals surface area contributed by atoms with Crippen LogP contribution in [0.15, 0.2) is 22.7 Å². The molecule has 0 amide bonds. The molecule has 106 valence electrons. The molecule has 0 saturated carbocycles. The minimum absolute atomic E-state index is 0.176. The van der Waals surface area contributed by atoms with Gasteiger partial charge in [0, 0.05) is 24.1 Å². The summed E-state index contributed by atoms with van der Waals surface area (Å²) in [5, 5.41) is 3.39. The Hall–Kier alpha value is -0.450. The first-order chi connectivity index (χ1) is 9.15. The minimum Gasteiger partial charge on any atom is -0.311 e. The molecule has 19 heavy (non-hydrogen) atoms. The Kier molecular flexibility index (Phi) is 5.79. The summed E-state index contributed by atoms with van der Waals surface area (Å²) in [7, 11) is 0. The molecule has 0 aliphatic carbocycles. The molecule has 1 fully saturated rings. The maximum absolute atomic E-state index is 13.1. The lowest BCUT2D eigenvalue weighted by molar-refractivity contribution is 0.193. The van der Waals surface area contributed by atoms with E-state index in [1.165, 1.54) is 32.0 Å². The lowest BCUT2D eigenvalue weighted by atomic mass is 9.99. The fourth-order valence-electron chi connectivity index (χ4n) is 2.42. The third-order valence-corrected chi connectivity index (χ3v) is 4.58. The third-order valence-electron chi connectivity index (χ3n) is 3.80. The quantitative estimate of drug-likeness (QED) is 0.833. The molecule has 4 heteroatoms. The molecule has 1 aliphatic rings. The van der Waals surface area contributed by atoms with Crippen molar-refractivity contribution >= 4 is 15.9 Å². The number of hydrogen-bond donors (Lipinski definition) is 1. The van der Waals surface area contributed by atoms with Gasteiger partial charge in [-0.25, -0.2) is 4.39 Å². The average molecular weight is 329 g/mol. The lowest BCUT2D eigenvalue weighted by Gasteiger charge is -2.30. The summed E-state index contributed by atoms with van der Waals surface area (Å²) in [5.41, 5.74) is 0.979. The molecule has 0 radical (unpaired) electrons. The summed E-state index contributed by atoms with van der Waals surface area (Å²) in [5.74, 6) is 0.706. The van der Waals surface area contributed by atoms with Gasteiger partial charge in [0.1, 0.15) is 5.82 Å². The number of hydrogen-bond acceptors (Lipinski definition) is 2. The highest BCUT2D eigenvalue weighted by molar-refractivity contribution is 9.10. The number of benzene rings is 1. The van der Waals surface area contributed by atoms with Crippen molar-refractivity contribution < 1.29 is 4.39 Å². The van der Waals surface area contributed by atoms with Gasteiger partial charge in [-0.05, 0) is 55.6 Å². The van der Waals surface area contributed by atoms with Gasteiger partial charge >= 0.3 is 0 Å². The van der Waals surface area contributed by atoms with E-state index < -0.39 is 0 Å². The van der Waals surface area contributed by atoms with Gasteiger partial charge in [-0.2, -0.15) is 0 Å². The molecule has 0 atom stereocenters. The molecule has 1 saturated heterocycles. The Bertz CT molecular complexity index is 403. The Morgan fingerprint density at radius 2 is 2.11 bits per heavy atom. The first-order valence-corrected chi connectivity index (χ1v) is 7.81. The van der Waals surface area contributed by atoms with Gasteiger partial charge in [0.2, 0.25) is 0 Å². The first-order valence-electron chi connectivity index (χ1n) is 7.02. The van der Waals surface area contributed by atoms with Gasteiger partial charge in [0.25, 0.3) is 0 Å². The Morgan fingerprint density at radius 3 is 2.84 bits per heavy atom. The van der Waals surface area contributed by atoms with Crippen molar-refractivity contribution in [3.05, 3.63) is 34.1 Å². The normalized spacial score (nSPS) is 17.8. The van der Waals surface area contributed by atoms with E-state index in [-0.39, 0.29) is 5.82 Å². The van der Waals surface area contributed by atoms with Crippen LogP contribution in [0.1, 0.15) is 25.3 Å². The molecule has 1 aliphatic heterocycles. The van der Waals surface area contributed by atoms with Crippen molar-refractivity contribution in [3.63, 3.8) is 0 Å². The molecular weight excluding hydrogens is 307 g/mol.